The molecule has 1 aliphatic rings. The van der Waals surface area contributed by atoms with Gasteiger partial charge in [0, 0.05) is 18.1 Å². The van der Waals surface area contributed by atoms with Gasteiger partial charge in [-0.2, -0.15) is 0 Å². The summed E-state index contributed by atoms with van der Waals surface area (Å²) >= 11 is 1.56. The minimum Gasteiger partial charge on any atom is -0.349 e. The number of hydrogen-bond donors (Lipinski definition) is 2. The molecule has 1 saturated carbocycles. The van der Waals surface area contributed by atoms with E-state index in [-0.39, 0.29) is 11.3 Å². The molecule has 94 valence electrons. The Morgan fingerprint density at radius 3 is 2.82 bits per heavy atom. The number of nitrogens with two attached hydrogens (primary N) is 1. The van der Waals surface area contributed by atoms with Gasteiger partial charge in [-0.1, -0.05) is 19.3 Å². The van der Waals surface area contributed by atoms with Crippen LogP contribution in [0.1, 0.15) is 37.1 Å². The number of thiazole rings is 1. The summed E-state index contributed by atoms with van der Waals surface area (Å²) in [6.07, 6.45) is 7.05. The second-order valence-electron chi connectivity index (χ2n) is 4.65. The first kappa shape index (κ1) is 12.5. The highest BCUT2D eigenvalue weighted by Crippen LogP contribution is 2.35. The molecular formula is C12H19N3OS. The lowest BCUT2D eigenvalue weighted by Gasteiger charge is -2.34. The zero-order chi connectivity index (χ0) is 12.1. The average Bonchev–Trinajstić information content (AvgIpc) is 2.90. The lowest BCUT2D eigenvalue weighted by atomic mass is 9.73. The Bertz CT molecular complexity index is 358. The molecular weight excluding hydrogens is 234 g/mol. The zero-order valence-electron chi connectivity index (χ0n) is 9.95. The summed E-state index contributed by atoms with van der Waals surface area (Å²) in [6.45, 7) is 0.981. The standard InChI is InChI=1S/C12H19N3OS/c13-9-12(4-2-1-3-5-12)11(16)15-8-10-14-6-7-17-10/h6-7H,1-5,8-9,13H2,(H,15,16). The maximum absolute atomic E-state index is 12.2. The fourth-order valence-corrected chi connectivity index (χ4v) is 2.99. The molecule has 0 spiro atoms. The third-order valence-electron chi connectivity index (χ3n) is 3.57. The molecule has 0 bridgehead atoms. The predicted molar refractivity (Wildman–Crippen MR) is 68.5 cm³/mol. The Labute approximate surface area is 106 Å². The molecule has 0 radical (unpaired) electrons. The number of aromatic nitrogens is 1. The molecule has 0 aromatic carbocycles. The summed E-state index contributed by atoms with van der Waals surface area (Å²) in [6, 6.07) is 0. The fourth-order valence-electron chi connectivity index (χ4n) is 2.44. The van der Waals surface area contributed by atoms with Crippen molar-refractivity contribution in [3.05, 3.63) is 16.6 Å². The van der Waals surface area contributed by atoms with Crippen LogP contribution in [-0.2, 0) is 11.3 Å². The molecule has 0 saturated heterocycles. The van der Waals surface area contributed by atoms with E-state index in [0.717, 1.165) is 30.7 Å². The lowest BCUT2D eigenvalue weighted by Crippen LogP contribution is -2.46. The highest BCUT2D eigenvalue weighted by molar-refractivity contribution is 7.09. The van der Waals surface area contributed by atoms with Crippen molar-refractivity contribution < 1.29 is 4.79 Å². The van der Waals surface area contributed by atoms with E-state index in [4.69, 9.17) is 5.73 Å². The van der Waals surface area contributed by atoms with Crippen LogP contribution in [-0.4, -0.2) is 17.4 Å². The van der Waals surface area contributed by atoms with E-state index >= 15 is 0 Å². The number of nitrogens with one attached hydrogen (secondary N) is 1. The molecule has 17 heavy (non-hydrogen) atoms. The molecule has 5 heteroatoms. The fraction of sp³-hybridized carbons (Fsp3) is 0.667. The van der Waals surface area contributed by atoms with Crippen molar-refractivity contribution in [2.45, 2.75) is 38.6 Å². The molecule has 1 aromatic heterocycles. The Balaban J connectivity index is 1.93. The van der Waals surface area contributed by atoms with Gasteiger partial charge in [-0.05, 0) is 12.8 Å². The molecule has 3 N–H and O–H groups in total. The van der Waals surface area contributed by atoms with Crippen molar-refractivity contribution >= 4 is 17.2 Å². The number of carbonyl (C=O) groups excluding carboxylic acids is 1. The number of nitrogens with zero attached hydrogens (tertiary/aromatic N) is 1. The normalized spacial score (nSPS) is 18.9. The minimum absolute atomic E-state index is 0.106. The summed E-state index contributed by atoms with van der Waals surface area (Å²) in [5, 5.41) is 5.84. The highest BCUT2D eigenvalue weighted by Gasteiger charge is 2.37. The summed E-state index contributed by atoms with van der Waals surface area (Å²) in [7, 11) is 0. The minimum atomic E-state index is -0.324. The topological polar surface area (TPSA) is 68.0 Å². The molecule has 0 unspecified atom stereocenters. The Morgan fingerprint density at radius 2 is 2.24 bits per heavy atom. The van der Waals surface area contributed by atoms with Gasteiger partial charge in [-0.3, -0.25) is 4.79 Å². The van der Waals surface area contributed by atoms with Gasteiger partial charge in [0.05, 0.1) is 12.0 Å². The monoisotopic (exact) mass is 253 g/mol. The van der Waals surface area contributed by atoms with Crippen LogP contribution in [0.3, 0.4) is 0 Å². The second kappa shape index (κ2) is 5.60. The lowest BCUT2D eigenvalue weighted by molar-refractivity contribution is -0.132. The number of rotatable bonds is 4. The van der Waals surface area contributed by atoms with Crippen molar-refractivity contribution in [2.75, 3.05) is 6.54 Å². The first-order valence-electron chi connectivity index (χ1n) is 6.14. The van der Waals surface area contributed by atoms with Crippen molar-refractivity contribution in [1.82, 2.24) is 10.3 Å². The molecule has 0 atom stereocenters. The number of hydrogen-bond acceptors (Lipinski definition) is 4. The van der Waals surface area contributed by atoms with E-state index in [0.29, 0.717) is 13.1 Å². The van der Waals surface area contributed by atoms with Crippen LogP contribution in [0.25, 0.3) is 0 Å². The summed E-state index contributed by atoms with van der Waals surface area (Å²) in [5.74, 6) is 0.106. The quantitative estimate of drug-likeness (QED) is 0.857. The molecule has 1 aromatic rings. The third-order valence-corrected chi connectivity index (χ3v) is 4.35. The summed E-state index contributed by atoms with van der Waals surface area (Å²) in [5.41, 5.74) is 5.49. The van der Waals surface area contributed by atoms with Crippen LogP contribution in [0.4, 0.5) is 0 Å². The van der Waals surface area contributed by atoms with Crippen LogP contribution < -0.4 is 11.1 Å². The molecule has 1 heterocycles. The Hall–Kier alpha value is -0.940. The van der Waals surface area contributed by atoms with Gasteiger partial charge < -0.3 is 11.1 Å². The van der Waals surface area contributed by atoms with E-state index < -0.39 is 0 Å². The predicted octanol–water partition coefficient (Wildman–Crippen LogP) is 1.67. The van der Waals surface area contributed by atoms with Crippen molar-refractivity contribution in [1.29, 1.82) is 0 Å². The van der Waals surface area contributed by atoms with Gasteiger partial charge in [0.15, 0.2) is 0 Å². The third kappa shape index (κ3) is 2.84. The first-order chi connectivity index (χ1) is 8.27. The molecule has 1 amide bonds. The van der Waals surface area contributed by atoms with Gasteiger partial charge in [-0.15, -0.1) is 11.3 Å². The van der Waals surface area contributed by atoms with Crippen molar-refractivity contribution in [3.63, 3.8) is 0 Å². The maximum Gasteiger partial charge on any atom is 0.227 e. The van der Waals surface area contributed by atoms with E-state index in [2.05, 4.69) is 10.3 Å². The smallest absolute Gasteiger partial charge is 0.227 e. The SMILES string of the molecule is NCC1(C(=O)NCc2nccs2)CCCCC1. The van der Waals surface area contributed by atoms with Crippen LogP contribution in [0, 0.1) is 5.41 Å². The van der Waals surface area contributed by atoms with Gasteiger partial charge in [-0.25, -0.2) is 4.98 Å². The molecule has 2 rings (SSSR count). The Kier molecular flexibility index (Phi) is 4.12. The van der Waals surface area contributed by atoms with E-state index in [1.807, 2.05) is 5.38 Å². The maximum atomic E-state index is 12.2. The molecule has 4 nitrogen and oxygen atoms in total. The number of carbonyl (C=O) groups is 1. The van der Waals surface area contributed by atoms with Gasteiger partial charge in [0.2, 0.25) is 5.91 Å². The average molecular weight is 253 g/mol. The van der Waals surface area contributed by atoms with E-state index in [9.17, 15) is 4.79 Å². The summed E-state index contributed by atoms with van der Waals surface area (Å²) < 4.78 is 0. The molecule has 1 aliphatic carbocycles. The first-order valence-corrected chi connectivity index (χ1v) is 7.01. The van der Waals surface area contributed by atoms with Gasteiger partial charge in [0.25, 0.3) is 0 Å². The van der Waals surface area contributed by atoms with Crippen molar-refractivity contribution in [3.8, 4) is 0 Å². The van der Waals surface area contributed by atoms with Crippen molar-refractivity contribution in [2.24, 2.45) is 11.1 Å². The van der Waals surface area contributed by atoms with Crippen LogP contribution >= 0.6 is 11.3 Å². The van der Waals surface area contributed by atoms with Crippen LogP contribution in [0.2, 0.25) is 0 Å². The van der Waals surface area contributed by atoms with Crippen LogP contribution in [0.15, 0.2) is 11.6 Å². The largest absolute Gasteiger partial charge is 0.349 e. The molecule has 1 fully saturated rings. The zero-order valence-corrected chi connectivity index (χ0v) is 10.8. The highest BCUT2D eigenvalue weighted by atomic mass is 32.1. The van der Waals surface area contributed by atoms with E-state index in [1.165, 1.54) is 6.42 Å². The Morgan fingerprint density at radius 1 is 1.47 bits per heavy atom. The molecule has 0 aliphatic heterocycles. The summed E-state index contributed by atoms with van der Waals surface area (Å²) in [4.78, 5) is 16.4. The van der Waals surface area contributed by atoms with Gasteiger partial charge in [0.1, 0.15) is 5.01 Å². The van der Waals surface area contributed by atoms with E-state index in [1.54, 1.807) is 17.5 Å². The number of amides is 1. The van der Waals surface area contributed by atoms with Crippen LogP contribution in [0.5, 0.6) is 0 Å². The second-order valence-corrected chi connectivity index (χ2v) is 5.63. The van der Waals surface area contributed by atoms with Gasteiger partial charge >= 0.3 is 0 Å².